The lowest BCUT2D eigenvalue weighted by Gasteiger charge is -2.08. The zero-order chi connectivity index (χ0) is 19.9. The number of ether oxygens (including phenoxy) is 3. The minimum Gasteiger partial charge on any atom is -0.497 e. The molecule has 0 atom stereocenters. The zero-order valence-corrected chi connectivity index (χ0v) is 16.1. The van der Waals surface area contributed by atoms with E-state index in [2.05, 4.69) is 15.5 Å². The van der Waals surface area contributed by atoms with E-state index in [0.717, 1.165) is 16.9 Å². The van der Waals surface area contributed by atoms with Gasteiger partial charge in [-0.3, -0.25) is 9.89 Å². The SMILES string of the molecule is CCOc1ccc(CNC(=O)c2cc(-c3ccc(OC)cc3OC)n[nH]2)cc1. The Kier molecular flexibility index (Phi) is 6.16. The first-order chi connectivity index (χ1) is 13.6. The second kappa shape index (κ2) is 8.94. The molecule has 0 saturated heterocycles. The number of amides is 1. The van der Waals surface area contributed by atoms with E-state index in [1.807, 2.05) is 43.3 Å². The Labute approximate surface area is 163 Å². The van der Waals surface area contributed by atoms with Crippen molar-refractivity contribution in [3.05, 3.63) is 59.8 Å². The summed E-state index contributed by atoms with van der Waals surface area (Å²) < 4.78 is 16.0. The highest BCUT2D eigenvalue weighted by Gasteiger charge is 2.14. The van der Waals surface area contributed by atoms with Crippen LogP contribution >= 0.6 is 0 Å². The van der Waals surface area contributed by atoms with Crippen molar-refractivity contribution in [2.75, 3.05) is 20.8 Å². The number of hydrogen-bond acceptors (Lipinski definition) is 5. The highest BCUT2D eigenvalue weighted by molar-refractivity contribution is 5.93. The van der Waals surface area contributed by atoms with Crippen molar-refractivity contribution in [1.82, 2.24) is 15.5 Å². The Balaban J connectivity index is 1.67. The predicted molar refractivity (Wildman–Crippen MR) is 106 cm³/mol. The minimum atomic E-state index is -0.236. The van der Waals surface area contributed by atoms with Gasteiger partial charge >= 0.3 is 0 Å². The van der Waals surface area contributed by atoms with Gasteiger partial charge in [0.15, 0.2) is 0 Å². The molecule has 0 saturated carbocycles. The summed E-state index contributed by atoms with van der Waals surface area (Å²) in [6.45, 7) is 2.97. The Hall–Kier alpha value is -3.48. The van der Waals surface area contributed by atoms with Gasteiger partial charge in [0, 0.05) is 18.2 Å². The smallest absolute Gasteiger partial charge is 0.269 e. The van der Waals surface area contributed by atoms with Crippen molar-refractivity contribution in [3.8, 4) is 28.5 Å². The van der Waals surface area contributed by atoms with Crippen LogP contribution in [-0.2, 0) is 6.54 Å². The lowest BCUT2D eigenvalue weighted by Crippen LogP contribution is -2.23. The topological polar surface area (TPSA) is 85.5 Å². The lowest BCUT2D eigenvalue weighted by molar-refractivity contribution is 0.0946. The van der Waals surface area contributed by atoms with Crippen LogP contribution in [0.15, 0.2) is 48.5 Å². The van der Waals surface area contributed by atoms with Crippen LogP contribution in [0.5, 0.6) is 17.2 Å². The van der Waals surface area contributed by atoms with E-state index < -0.39 is 0 Å². The first kappa shape index (κ1) is 19.3. The fourth-order valence-corrected chi connectivity index (χ4v) is 2.73. The number of aromatic amines is 1. The molecule has 1 heterocycles. The molecule has 0 bridgehead atoms. The van der Waals surface area contributed by atoms with Crippen LogP contribution in [0.2, 0.25) is 0 Å². The number of aromatic nitrogens is 2. The number of rotatable bonds is 8. The molecule has 2 N–H and O–H groups in total. The first-order valence-corrected chi connectivity index (χ1v) is 8.92. The van der Waals surface area contributed by atoms with Crippen molar-refractivity contribution in [2.45, 2.75) is 13.5 Å². The fourth-order valence-electron chi connectivity index (χ4n) is 2.73. The van der Waals surface area contributed by atoms with Gasteiger partial charge in [0.1, 0.15) is 22.9 Å². The van der Waals surface area contributed by atoms with Crippen molar-refractivity contribution in [3.63, 3.8) is 0 Å². The number of hydrogen-bond donors (Lipinski definition) is 2. The highest BCUT2D eigenvalue weighted by atomic mass is 16.5. The van der Waals surface area contributed by atoms with Crippen LogP contribution in [0.25, 0.3) is 11.3 Å². The van der Waals surface area contributed by atoms with E-state index >= 15 is 0 Å². The monoisotopic (exact) mass is 381 g/mol. The Morgan fingerprint density at radius 3 is 2.46 bits per heavy atom. The normalized spacial score (nSPS) is 10.4. The summed E-state index contributed by atoms with van der Waals surface area (Å²) in [5, 5.41) is 9.89. The molecule has 0 aliphatic carbocycles. The lowest BCUT2D eigenvalue weighted by atomic mass is 10.1. The number of carbonyl (C=O) groups excluding carboxylic acids is 1. The summed E-state index contributed by atoms with van der Waals surface area (Å²) in [5.74, 6) is 1.88. The van der Waals surface area contributed by atoms with E-state index in [1.165, 1.54) is 0 Å². The number of nitrogens with one attached hydrogen (secondary N) is 2. The summed E-state index contributed by atoms with van der Waals surface area (Å²) in [5.41, 5.74) is 2.74. The van der Waals surface area contributed by atoms with Crippen LogP contribution in [0.1, 0.15) is 23.0 Å². The van der Waals surface area contributed by atoms with Crippen LogP contribution in [0, 0.1) is 0 Å². The molecular formula is C21H23N3O4. The van der Waals surface area contributed by atoms with Crippen molar-refractivity contribution in [1.29, 1.82) is 0 Å². The van der Waals surface area contributed by atoms with E-state index in [0.29, 0.717) is 36.0 Å². The average molecular weight is 381 g/mol. The van der Waals surface area contributed by atoms with Gasteiger partial charge in [-0.05, 0) is 42.8 Å². The molecule has 28 heavy (non-hydrogen) atoms. The molecule has 0 radical (unpaired) electrons. The third kappa shape index (κ3) is 4.43. The standard InChI is InChI=1S/C21H23N3O4/c1-4-28-15-7-5-14(6-8-15)13-22-21(25)19-12-18(23-24-19)17-10-9-16(26-2)11-20(17)27-3/h5-12H,4,13H2,1-3H3,(H,22,25)(H,23,24). The molecular weight excluding hydrogens is 358 g/mol. The van der Waals surface area contributed by atoms with E-state index in [1.54, 1.807) is 26.4 Å². The van der Waals surface area contributed by atoms with Gasteiger partial charge < -0.3 is 19.5 Å². The van der Waals surface area contributed by atoms with E-state index in [4.69, 9.17) is 14.2 Å². The second-order valence-electron chi connectivity index (χ2n) is 5.99. The maximum absolute atomic E-state index is 12.4. The maximum atomic E-state index is 12.4. The van der Waals surface area contributed by atoms with Gasteiger partial charge in [-0.15, -0.1) is 0 Å². The molecule has 0 aliphatic heterocycles. The van der Waals surface area contributed by atoms with Crippen LogP contribution in [-0.4, -0.2) is 36.9 Å². The van der Waals surface area contributed by atoms with Crippen molar-refractivity contribution < 1.29 is 19.0 Å². The summed E-state index contributed by atoms with van der Waals surface area (Å²) in [4.78, 5) is 12.4. The summed E-state index contributed by atoms with van der Waals surface area (Å²) in [7, 11) is 3.17. The molecule has 2 aromatic carbocycles. The van der Waals surface area contributed by atoms with E-state index in [9.17, 15) is 4.79 Å². The van der Waals surface area contributed by atoms with Crippen molar-refractivity contribution >= 4 is 5.91 Å². The van der Waals surface area contributed by atoms with Crippen LogP contribution in [0.4, 0.5) is 0 Å². The molecule has 0 fully saturated rings. The third-order valence-electron chi connectivity index (χ3n) is 4.19. The molecule has 0 spiro atoms. The second-order valence-corrected chi connectivity index (χ2v) is 5.99. The van der Waals surface area contributed by atoms with Gasteiger partial charge in [0.05, 0.1) is 26.5 Å². The van der Waals surface area contributed by atoms with Gasteiger partial charge in [0.25, 0.3) is 5.91 Å². The Morgan fingerprint density at radius 1 is 1.04 bits per heavy atom. The molecule has 3 rings (SSSR count). The predicted octanol–water partition coefficient (Wildman–Crippen LogP) is 3.42. The molecule has 1 amide bonds. The van der Waals surface area contributed by atoms with E-state index in [-0.39, 0.29) is 5.91 Å². The minimum absolute atomic E-state index is 0.236. The van der Waals surface area contributed by atoms with Crippen LogP contribution in [0.3, 0.4) is 0 Å². The summed E-state index contributed by atoms with van der Waals surface area (Å²) in [6, 6.07) is 14.7. The maximum Gasteiger partial charge on any atom is 0.269 e. The molecule has 1 aromatic heterocycles. The fraction of sp³-hybridized carbons (Fsp3) is 0.238. The zero-order valence-electron chi connectivity index (χ0n) is 16.1. The number of benzene rings is 2. The quantitative estimate of drug-likeness (QED) is 0.624. The number of nitrogens with zero attached hydrogens (tertiary/aromatic N) is 1. The van der Waals surface area contributed by atoms with Gasteiger partial charge in [-0.25, -0.2) is 0 Å². The molecule has 0 aliphatic rings. The highest BCUT2D eigenvalue weighted by Crippen LogP contribution is 2.32. The Bertz CT molecular complexity index is 935. The molecule has 7 nitrogen and oxygen atoms in total. The largest absolute Gasteiger partial charge is 0.497 e. The van der Waals surface area contributed by atoms with Gasteiger partial charge in [-0.2, -0.15) is 5.10 Å². The first-order valence-electron chi connectivity index (χ1n) is 8.92. The average Bonchev–Trinajstić information content (AvgIpc) is 3.23. The molecule has 0 unspecified atom stereocenters. The number of carbonyl (C=O) groups is 1. The third-order valence-corrected chi connectivity index (χ3v) is 4.19. The molecule has 3 aromatic rings. The Morgan fingerprint density at radius 2 is 1.79 bits per heavy atom. The van der Waals surface area contributed by atoms with Gasteiger partial charge in [0.2, 0.25) is 0 Å². The van der Waals surface area contributed by atoms with Gasteiger partial charge in [-0.1, -0.05) is 12.1 Å². The summed E-state index contributed by atoms with van der Waals surface area (Å²) >= 11 is 0. The number of H-pyrrole nitrogens is 1. The molecule has 146 valence electrons. The number of methoxy groups -OCH3 is 2. The molecule has 7 heteroatoms. The van der Waals surface area contributed by atoms with Crippen LogP contribution < -0.4 is 19.5 Å². The summed E-state index contributed by atoms with van der Waals surface area (Å²) in [6.07, 6.45) is 0. The van der Waals surface area contributed by atoms with Crippen molar-refractivity contribution in [2.24, 2.45) is 0 Å².